The molecule has 2 fully saturated rings. The normalized spacial score (nSPS) is 16.8. The minimum atomic E-state index is -0.966. The number of H-pyrrole nitrogens is 1. The van der Waals surface area contributed by atoms with Crippen molar-refractivity contribution < 1.29 is 24.2 Å². The summed E-state index contributed by atoms with van der Waals surface area (Å²) in [4.78, 5) is 32.4. The molecule has 3 aromatic carbocycles. The van der Waals surface area contributed by atoms with Crippen LogP contribution in [-0.4, -0.2) is 82.1 Å². The molecular formula is C33H31N3O5S2. The van der Waals surface area contributed by atoms with Gasteiger partial charge in [0.25, 0.3) is 5.91 Å². The Morgan fingerprint density at radius 1 is 1.02 bits per heavy atom. The summed E-state index contributed by atoms with van der Waals surface area (Å²) < 4.78 is 12.2. The summed E-state index contributed by atoms with van der Waals surface area (Å²) in [5.41, 5.74) is 5.16. The Hall–Kier alpha value is -3.96. The fraction of sp³-hybridized carbons (Fsp3) is 0.242. The molecule has 43 heavy (non-hydrogen) atoms. The summed E-state index contributed by atoms with van der Waals surface area (Å²) in [6, 6.07) is 21.1. The standard InChI is InChI=1S/C33H31N3O5S2/c37-31-30(43-33(42)36(31)12-10-22-1-3-23(4-2-22)32(38)39)21-27-20-25(24-5-7-28-26(19-24)9-11-34-28)6-8-29(27)41-18-15-35-13-16-40-17-14-35/h1-9,11,19-21,34H,10,12-18H2,(H,38,39). The number of ether oxygens (including phenoxy) is 2. The number of carboxylic acids is 1. The largest absolute Gasteiger partial charge is 0.492 e. The van der Waals surface area contributed by atoms with Gasteiger partial charge in [-0.05, 0) is 77.0 Å². The number of fused-ring (bicyclic) bond motifs is 1. The van der Waals surface area contributed by atoms with E-state index >= 15 is 0 Å². The van der Waals surface area contributed by atoms with E-state index in [0.29, 0.717) is 34.5 Å². The van der Waals surface area contributed by atoms with Crippen molar-refractivity contribution in [1.82, 2.24) is 14.8 Å². The zero-order chi connectivity index (χ0) is 29.8. The average molecular weight is 614 g/mol. The molecule has 2 aliphatic heterocycles. The van der Waals surface area contributed by atoms with E-state index in [0.717, 1.165) is 66.0 Å². The first-order valence-electron chi connectivity index (χ1n) is 14.2. The van der Waals surface area contributed by atoms with Gasteiger partial charge in [-0.3, -0.25) is 14.6 Å². The lowest BCUT2D eigenvalue weighted by Crippen LogP contribution is -2.38. The van der Waals surface area contributed by atoms with Gasteiger partial charge in [0.2, 0.25) is 0 Å². The van der Waals surface area contributed by atoms with Crippen molar-refractivity contribution >= 4 is 57.2 Å². The first kappa shape index (κ1) is 29.1. The van der Waals surface area contributed by atoms with E-state index in [1.807, 2.05) is 18.3 Å². The van der Waals surface area contributed by atoms with Gasteiger partial charge in [-0.25, -0.2) is 4.79 Å². The van der Waals surface area contributed by atoms with Gasteiger partial charge in [0.05, 0.1) is 23.7 Å². The van der Waals surface area contributed by atoms with Crippen molar-refractivity contribution in [3.63, 3.8) is 0 Å². The molecule has 4 aromatic rings. The summed E-state index contributed by atoms with van der Waals surface area (Å²) in [6.45, 7) is 4.99. The van der Waals surface area contributed by atoms with Crippen molar-refractivity contribution in [2.75, 3.05) is 46.0 Å². The van der Waals surface area contributed by atoms with Crippen molar-refractivity contribution in [2.24, 2.45) is 0 Å². The second kappa shape index (κ2) is 13.1. The highest BCUT2D eigenvalue weighted by Crippen LogP contribution is 2.36. The molecule has 0 aliphatic carbocycles. The summed E-state index contributed by atoms with van der Waals surface area (Å²) in [6.07, 6.45) is 4.37. The van der Waals surface area contributed by atoms with Crippen LogP contribution in [-0.2, 0) is 16.0 Å². The van der Waals surface area contributed by atoms with Crippen molar-refractivity contribution in [1.29, 1.82) is 0 Å². The number of carboxylic acid groups (broad SMARTS) is 1. The van der Waals surface area contributed by atoms with Gasteiger partial charge in [-0.2, -0.15) is 0 Å². The lowest BCUT2D eigenvalue weighted by molar-refractivity contribution is -0.122. The fourth-order valence-corrected chi connectivity index (χ4v) is 6.50. The van der Waals surface area contributed by atoms with Crippen LogP contribution in [0.5, 0.6) is 5.75 Å². The number of carbonyl (C=O) groups excluding carboxylic acids is 1. The van der Waals surface area contributed by atoms with Crippen molar-refractivity contribution in [3.05, 3.63) is 94.5 Å². The fourth-order valence-electron chi connectivity index (χ4n) is 5.20. The highest BCUT2D eigenvalue weighted by atomic mass is 32.2. The second-order valence-corrected chi connectivity index (χ2v) is 12.1. The Morgan fingerprint density at radius 2 is 1.79 bits per heavy atom. The molecule has 0 unspecified atom stereocenters. The lowest BCUT2D eigenvalue weighted by Gasteiger charge is -2.26. The summed E-state index contributed by atoms with van der Waals surface area (Å²) in [7, 11) is 0. The van der Waals surface area contributed by atoms with E-state index in [1.54, 1.807) is 29.2 Å². The topological polar surface area (TPSA) is 95.1 Å². The maximum absolute atomic E-state index is 13.5. The van der Waals surface area contributed by atoms with E-state index in [4.69, 9.17) is 26.8 Å². The zero-order valence-corrected chi connectivity index (χ0v) is 25.1. The third-order valence-corrected chi connectivity index (χ3v) is 9.03. The van der Waals surface area contributed by atoms with Gasteiger partial charge in [0, 0.05) is 43.5 Å². The Bertz CT molecular complexity index is 1690. The molecule has 2 aliphatic rings. The first-order chi connectivity index (χ1) is 20.9. The van der Waals surface area contributed by atoms with Gasteiger partial charge in [-0.1, -0.05) is 48.2 Å². The number of morpholine rings is 1. The van der Waals surface area contributed by atoms with Crippen LogP contribution in [0.25, 0.3) is 28.1 Å². The average Bonchev–Trinajstić information content (AvgIpc) is 3.60. The van der Waals surface area contributed by atoms with Gasteiger partial charge in [-0.15, -0.1) is 0 Å². The molecule has 0 saturated carbocycles. The highest BCUT2D eigenvalue weighted by molar-refractivity contribution is 8.26. The number of benzene rings is 3. The predicted molar refractivity (Wildman–Crippen MR) is 173 cm³/mol. The molecule has 6 rings (SSSR count). The van der Waals surface area contributed by atoms with E-state index < -0.39 is 5.97 Å². The molecule has 0 radical (unpaired) electrons. The molecule has 1 amide bonds. The minimum absolute atomic E-state index is 0.143. The Labute approximate surface area is 259 Å². The predicted octanol–water partition coefficient (Wildman–Crippen LogP) is 5.69. The number of aromatic amines is 1. The molecule has 0 bridgehead atoms. The first-order valence-corrected chi connectivity index (χ1v) is 15.4. The number of aromatic nitrogens is 1. The molecule has 0 spiro atoms. The summed E-state index contributed by atoms with van der Waals surface area (Å²) in [5.74, 6) is -0.397. The number of rotatable bonds is 10. The van der Waals surface area contributed by atoms with Crippen LogP contribution in [0.4, 0.5) is 0 Å². The molecule has 2 saturated heterocycles. The molecular weight excluding hydrogens is 583 g/mol. The lowest BCUT2D eigenvalue weighted by atomic mass is 10.0. The van der Waals surface area contributed by atoms with Crippen LogP contribution in [0.3, 0.4) is 0 Å². The molecule has 0 atom stereocenters. The number of amides is 1. The third-order valence-electron chi connectivity index (χ3n) is 7.65. The quantitative estimate of drug-likeness (QED) is 0.174. The highest BCUT2D eigenvalue weighted by Gasteiger charge is 2.32. The van der Waals surface area contributed by atoms with Gasteiger partial charge >= 0.3 is 5.97 Å². The molecule has 220 valence electrons. The molecule has 8 nitrogen and oxygen atoms in total. The Balaban J connectivity index is 1.22. The Morgan fingerprint density at radius 3 is 2.58 bits per heavy atom. The Kier molecular flexibility index (Phi) is 8.90. The monoisotopic (exact) mass is 613 g/mol. The summed E-state index contributed by atoms with van der Waals surface area (Å²) in [5, 5.41) is 10.3. The van der Waals surface area contributed by atoms with E-state index in [9.17, 15) is 9.59 Å². The van der Waals surface area contributed by atoms with Crippen LogP contribution >= 0.6 is 24.0 Å². The number of hydrogen-bond acceptors (Lipinski definition) is 7. The van der Waals surface area contributed by atoms with Crippen LogP contribution in [0.15, 0.2) is 77.8 Å². The van der Waals surface area contributed by atoms with E-state index in [-0.39, 0.29) is 11.5 Å². The van der Waals surface area contributed by atoms with Gasteiger partial charge < -0.3 is 19.6 Å². The van der Waals surface area contributed by atoms with Crippen LogP contribution in [0.1, 0.15) is 21.5 Å². The molecule has 10 heteroatoms. The smallest absolute Gasteiger partial charge is 0.335 e. The van der Waals surface area contributed by atoms with Crippen molar-refractivity contribution in [2.45, 2.75) is 6.42 Å². The van der Waals surface area contributed by atoms with Crippen LogP contribution < -0.4 is 4.74 Å². The van der Waals surface area contributed by atoms with Crippen LogP contribution in [0, 0.1) is 0 Å². The number of hydrogen-bond donors (Lipinski definition) is 2. The molecule has 3 heterocycles. The number of nitrogens with zero attached hydrogens (tertiary/aromatic N) is 2. The molecule has 1 aromatic heterocycles. The van der Waals surface area contributed by atoms with E-state index in [1.165, 1.54) is 11.8 Å². The summed E-state index contributed by atoms with van der Waals surface area (Å²) >= 11 is 6.88. The maximum atomic E-state index is 13.5. The SMILES string of the molecule is O=C(O)c1ccc(CCN2C(=O)C(=Cc3cc(-c4ccc5[nH]ccc5c4)ccc3OCCN3CCOCC3)SC2=S)cc1. The van der Waals surface area contributed by atoms with Gasteiger partial charge in [0.1, 0.15) is 16.7 Å². The molecule has 2 N–H and O–H groups in total. The van der Waals surface area contributed by atoms with E-state index in [2.05, 4.69) is 46.3 Å². The number of thioether (sulfide) groups is 1. The van der Waals surface area contributed by atoms with Gasteiger partial charge in [0.15, 0.2) is 0 Å². The zero-order valence-electron chi connectivity index (χ0n) is 23.5. The second-order valence-electron chi connectivity index (χ2n) is 10.4. The number of carbonyl (C=O) groups is 2. The maximum Gasteiger partial charge on any atom is 0.335 e. The number of nitrogens with one attached hydrogen (secondary N) is 1. The van der Waals surface area contributed by atoms with Crippen LogP contribution in [0.2, 0.25) is 0 Å². The minimum Gasteiger partial charge on any atom is -0.492 e. The number of aromatic carboxylic acids is 1. The third kappa shape index (κ3) is 6.83. The number of thiocarbonyl (C=S) groups is 1. The van der Waals surface area contributed by atoms with Crippen molar-refractivity contribution in [3.8, 4) is 16.9 Å².